The van der Waals surface area contributed by atoms with E-state index < -0.39 is 29.1 Å². The van der Waals surface area contributed by atoms with E-state index in [-0.39, 0.29) is 11.3 Å². The maximum atomic E-state index is 11.8. The van der Waals surface area contributed by atoms with Gasteiger partial charge in [-0.3, -0.25) is 4.79 Å². The van der Waals surface area contributed by atoms with Gasteiger partial charge in [-0.05, 0) is 26.0 Å². The third-order valence-corrected chi connectivity index (χ3v) is 3.32. The van der Waals surface area contributed by atoms with Crippen LogP contribution >= 0.6 is 11.6 Å². The lowest BCUT2D eigenvalue weighted by molar-refractivity contribution is -0.155. The number of Topliss-reactive ketones (excluding diaryl/α,β-unsaturated/α-hetero) is 1. The maximum Gasteiger partial charge on any atom is 0.353 e. The van der Waals surface area contributed by atoms with E-state index in [0.717, 1.165) is 6.92 Å². The topological polar surface area (TPSA) is 92.7 Å². The summed E-state index contributed by atoms with van der Waals surface area (Å²) in [6, 6.07) is 6.76. The SMILES string of the molecule is CC(=O)C1=C(O)/C(=C(\C)Nc2ccccc2Cl)C(=O)OC1=O. The molecule has 0 radical (unpaired) electrons. The Morgan fingerprint density at radius 3 is 2.41 bits per heavy atom. The number of esters is 2. The van der Waals surface area contributed by atoms with Crippen molar-refractivity contribution in [2.24, 2.45) is 0 Å². The van der Waals surface area contributed by atoms with Crippen LogP contribution < -0.4 is 5.32 Å². The normalized spacial score (nSPS) is 17.2. The molecule has 0 atom stereocenters. The Morgan fingerprint density at radius 2 is 1.82 bits per heavy atom. The van der Waals surface area contributed by atoms with Crippen LogP contribution in [0.4, 0.5) is 5.69 Å². The highest BCUT2D eigenvalue weighted by atomic mass is 35.5. The van der Waals surface area contributed by atoms with Crippen molar-refractivity contribution in [2.45, 2.75) is 13.8 Å². The second-order valence-electron chi connectivity index (χ2n) is 4.56. The molecular weight excluding hydrogens is 310 g/mol. The summed E-state index contributed by atoms with van der Waals surface area (Å²) in [5.74, 6) is -3.60. The van der Waals surface area contributed by atoms with Crippen molar-refractivity contribution >= 4 is 35.0 Å². The molecule has 2 rings (SSSR count). The largest absolute Gasteiger partial charge is 0.506 e. The van der Waals surface area contributed by atoms with Gasteiger partial charge in [-0.2, -0.15) is 0 Å². The van der Waals surface area contributed by atoms with E-state index in [4.69, 9.17) is 11.6 Å². The minimum atomic E-state index is -1.16. The number of carbonyl (C=O) groups is 3. The van der Waals surface area contributed by atoms with Crippen LogP contribution in [0, 0.1) is 0 Å². The average Bonchev–Trinajstić information content (AvgIpc) is 2.40. The number of nitrogens with one attached hydrogen (secondary N) is 1. The Labute approximate surface area is 131 Å². The van der Waals surface area contributed by atoms with Gasteiger partial charge in [-0.1, -0.05) is 23.7 Å². The van der Waals surface area contributed by atoms with Gasteiger partial charge in [0.25, 0.3) is 0 Å². The molecule has 0 saturated carbocycles. The Hall–Kier alpha value is -2.60. The number of aliphatic hydroxyl groups is 1. The summed E-state index contributed by atoms with van der Waals surface area (Å²) in [4.78, 5) is 34.7. The molecule has 22 heavy (non-hydrogen) atoms. The Kier molecular flexibility index (Phi) is 4.32. The Bertz CT molecular complexity index is 748. The molecule has 0 unspecified atom stereocenters. The number of para-hydroxylation sites is 1. The quantitative estimate of drug-likeness (QED) is 0.384. The second kappa shape index (κ2) is 6.03. The third-order valence-electron chi connectivity index (χ3n) is 2.99. The van der Waals surface area contributed by atoms with Crippen LogP contribution in [0.25, 0.3) is 0 Å². The van der Waals surface area contributed by atoms with Gasteiger partial charge in [0.2, 0.25) is 0 Å². The predicted octanol–water partition coefficient (Wildman–Crippen LogP) is 2.51. The van der Waals surface area contributed by atoms with Crippen molar-refractivity contribution in [1.82, 2.24) is 0 Å². The van der Waals surface area contributed by atoms with E-state index >= 15 is 0 Å². The molecule has 2 N–H and O–H groups in total. The lowest BCUT2D eigenvalue weighted by atomic mass is 10.0. The predicted molar refractivity (Wildman–Crippen MR) is 79.2 cm³/mol. The molecule has 0 aliphatic carbocycles. The number of ether oxygens (including phenoxy) is 1. The molecule has 0 saturated heterocycles. The molecule has 114 valence electrons. The molecule has 1 heterocycles. The fourth-order valence-corrected chi connectivity index (χ4v) is 2.16. The molecule has 1 aromatic rings. The van der Waals surface area contributed by atoms with Crippen molar-refractivity contribution in [3.8, 4) is 0 Å². The van der Waals surface area contributed by atoms with Crippen LogP contribution in [0.5, 0.6) is 0 Å². The number of benzene rings is 1. The molecule has 1 aliphatic heterocycles. The van der Waals surface area contributed by atoms with Crippen molar-refractivity contribution in [3.05, 3.63) is 51.9 Å². The van der Waals surface area contributed by atoms with Gasteiger partial charge < -0.3 is 15.2 Å². The fourth-order valence-electron chi connectivity index (χ4n) is 1.97. The minimum Gasteiger partial charge on any atom is -0.506 e. The zero-order valence-electron chi connectivity index (χ0n) is 11.8. The highest BCUT2D eigenvalue weighted by Crippen LogP contribution is 2.28. The van der Waals surface area contributed by atoms with Gasteiger partial charge in [0.1, 0.15) is 16.9 Å². The molecule has 7 heteroatoms. The first-order valence-electron chi connectivity index (χ1n) is 6.26. The maximum absolute atomic E-state index is 11.8. The molecule has 0 aromatic heterocycles. The standard InChI is InChI=1S/C15H12ClNO5/c1-7(17-10-6-4-3-5-9(10)16)11-13(19)12(8(2)18)15(21)22-14(11)20/h3-6,17,19H,1-2H3/b11-7-. The number of hydrogen-bond acceptors (Lipinski definition) is 6. The van der Waals surface area contributed by atoms with E-state index in [2.05, 4.69) is 10.1 Å². The molecule has 1 aliphatic rings. The highest BCUT2D eigenvalue weighted by molar-refractivity contribution is 6.33. The Balaban J connectivity index is 2.52. The summed E-state index contributed by atoms with van der Waals surface area (Å²) >= 11 is 6.00. The van der Waals surface area contributed by atoms with Gasteiger partial charge in [0, 0.05) is 5.70 Å². The summed E-state index contributed by atoms with van der Waals surface area (Å²) in [7, 11) is 0. The minimum absolute atomic E-state index is 0.196. The summed E-state index contributed by atoms with van der Waals surface area (Å²) < 4.78 is 4.48. The lowest BCUT2D eigenvalue weighted by Crippen LogP contribution is -2.29. The summed E-state index contributed by atoms with van der Waals surface area (Å²) in [5.41, 5.74) is -0.155. The first-order valence-corrected chi connectivity index (χ1v) is 6.64. The van der Waals surface area contributed by atoms with Crippen LogP contribution in [-0.4, -0.2) is 22.8 Å². The first-order chi connectivity index (χ1) is 10.3. The zero-order chi connectivity index (χ0) is 16.4. The number of ketones is 1. The first kappa shape index (κ1) is 15.8. The molecule has 0 fully saturated rings. The van der Waals surface area contributed by atoms with E-state index in [0.29, 0.717) is 10.7 Å². The summed E-state index contributed by atoms with van der Waals surface area (Å²) in [6.45, 7) is 2.58. The van der Waals surface area contributed by atoms with Crippen LogP contribution in [0.1, 0.15) is 13.8 Å². The number of halogens is 1. The monoisotopic (exact) mass is 321 g/mol. The van der Waals surface area contributed by atoms with E-state index in [9.17, 15) is 19.5 Å². The van der Waals surface area contributed by atoms with Crippen molar-refractivity contribution in [3.63, 3.8) is 0 Å². The molecule has 6 nitrogen and oxygen atoms in total. The lowest BCUT2D eigenvalue weighted by Gasteiger charge is -2.18. The number of allylic oxidation sites excluding steroid dienone is 1. The van der Waals surface area contributed by atoms with Gasteiger partial charge in [0.15, 0.2) is 5.78 Å². The second-order valence-corrected chi connectivity index (χ2v) is 4.97. The summed E-state index contributed by atoms with van der Waals surface area (Å²) in [5, 5.41) is 13.3. The number of hydrogen-bond donors (Lipinski definition) is 2. The van der Waals surface area contributed by atoms with Gasteiger partial charge in [0.05, 0.1) is 10.7 Å². The summed E-state index contributed by atoms with van der Waals surface area (Å²) in [6.07, 6.45) is 0. The van der Waals surface area contributed by atoms with Crippen LogP contribution in [-0.2, 0) is 19.1 Å². The van der Waals surface area contributed by atoms with Crippen LogP contribution in [0.2, 0.25) is 5.02 Å². The number of rotatable bonds is 3. The van der Waals surface area contributed by atoms with E-state index in [1.807, 2.05) is 0 Å². The number of anilines is 1. The Morgan fingerprint density at radius 1 is 1.18 bits per heavy atom. The van der Waals surface area contributed by atoms with Gasteiger partial charge in [-0.15, -0.1) is 0 Å². The molecule has 0 amide bonds. The van der Waals surface area contributed by atoms with Crippen LogP contribution in [0.3, 0.4) is 0 Å². The van der Waals surface area contributed by atoms with E-state index in [1.165, 1.54) is 6.92 Å². The molecular formula is C15H12ClNO5. The third kappa shape index (κ3) is 2.87. The molecule has 0 bridgehead atoms. The van der Waals surface area contributed by atoms with Crippen LogP contribution in [0.15, 0.2) is 46.9 Å². The average molecular weight is 322 g/mol. The number of cyclic esters (lactones) is 2. The zero-order valence-corrected chi connectivity index (χ0v) is 12.5. The number of carbonyl (C=O) groups excluding carboxylic acids is 3. The van der Waals surface area contributed by atoms with Crippen molar-refractivity contribution < 1.29 is 24.2 Å². The smallest absolute Gasteiger partial charge is 0.353 e. The van der Waals surface area contributed by atoms with Crippen molar-refractivity contribution in [1.29, 1.82) is 0 Å². The number of aliphatic hydroxyl groups excluding tert-OH is 1. The van der Waals surface area contributed by atoms with E-state index in [1.54, 1.807) is 24.3 Å². The van der Waals surface area contributed by atoms with Gasteiger partial charge in [-0.25, -0.2) is 9.59 Å². The molecule has 1 aromatic carbocycles. The van der Waals surface area contributed by atoms with Gasteiger partial charge >= 0.3 is 11.9 Å². The van der Waals surface area contributed by atoms with Crippen molar-refractivity contribution in [2.75, 3.05) is 5.32 Å². The molecule has 0 spiro atoms. The fraction of sp³-hybridized carbons (Fsp3) is 0.133. The highest BCUT2D eigenvalue weighted by Gasteiger charge is 2.36.